The van der Waals surface area contributed by atoms with Crippen LogP contribution in [-0.4, -0.2) is 76.3 Å². The zero-order valence-corrected chi connectivity index (χ0v) is 26.8. The number of nitrogens with zero attached hydrogens (tertiary/aromatic N) is 5. The van der Waals surface area contributed by atoms with Gasteiger partial charge in [0.25, 0.3) is 0 Å². The summed E-state index contributed by atoms with van der Waals surface area (Å²) in [6, 6.07) is 9.76. The number of piperidine rings is 1. The van der Waals surface area contributed by atoms with E-state index in [1.54, 1.807) is 57.0 Å². The largest absolute Gasteiger partial charge is 0.497 e. The molecule has 2 fully saturated rings. The number of ether oxygens (including phenoxy) is 2. The SMILES string of the molecule is COc1ccc(-c2cn(C3C[C@@H](C(=O)NC4CCN(c5ccc(Cl)cc5Cl)CC4)N(C(=O)OC(C)(C)C)C3)nn2)c(Cl)c1. The van der Waals surface area contributed by atoms with Crippen molar-refractivity contribution in [3.63, 3.8) is 0 Å². The zero-order valence-electron chi connectivity index (χ0n) is 24.5. The van der Waals surface area contributed by atoms with Gasteiger partial charge in [0.1, 0.15) is 23.1 Å². The van der Waals surface area contributed by atoms with Gasteiger partial charge in [-0.1, -0.05) is 40.0 Å². The van der Waals surface area contributed by atoms with Crippen LogP contribution in [-0.2, 0) is 9.53 Å². The molecule has 0 radical (unpaired) electrons. The molecule has 3 heterocycles. The molecule has 230 valence electrons. The normalized spacial score (nSPS) is 19.4. The summed E-state index contributed by atoms with van der Waals surface area (Å²) in [4.78, 5) is 30.6. The van der Waals surface area contributed by atoms with Crippen molar-refractivity contribution in [2.45, 2.75) is 63.8 Å². The van der Waals surface area contributed by atoms with Gasteiger partial charge in [-0.3, -0.25) is 9.69 Å². The molecule has 2 atom stereocenters. The van der Waals surface area contributed by atoms with Gasteiger partial charge in [-0.25, -0.2) is 9.48 Å². The molecule has 1 aromatic heterocycles. The van der Waals surface area contributed by atoms with Crippen LogP contribution < -0.4 is 15.0 Å². The first-order chi connectivity index (χ1) is 20.4. The summed E-state index contributed by atoms with van der Waals surface area (Å²) in [6.45, 7) is 7.11. The molecule has 2 aromatic carbocycles. The second kappa shape index (κ2) is 12.8. The Kier molecular flexibility index (Phi) is 9.29. The molecular formula is C30H35Cl3N6O4. The van der Waals surface area contributed by atoms with E-state index >= 15 is 0 Å². The predicted octanol–water partition coefficient (Wildman–Crippen LogP) is 6.25. The number of hydrogen-bond donors (Lipinski definition) is 1. The van der Waals surface area contributed by atoms with Crippen molar-refractivity contribution < 1.29 is 19.1 Å². The predicted molar refractivity (Wildman–Crippen MR) is 167 cm³/mol. The van der Waals surface area contributed by atoms with Gasteiger partial charge in [0.15, 0.2) is 0 Å². The van der Waals surface area contributed by atoms with E-state index in [9.17, 15) is 9.59 Å². The van der Waals surface area contributed by atoms with Crippen LogP contribution in [0.4, 0.5) is 10.5 Å². The zero-order chi connectivity index (χ0) is 30.9. The van der Waals surface area contributed by atoms with Crippen LogP contribution in [0.5, 0.6) is 5.75 Å². The van der Waals surface area contributed by atoms with Crippen LogP contribution in [0.3, 0.4) is 0 Å². The van der Waals surface area contributed by atoms with Crippen molar-refractivity contribution in [1.29, 1.82) is 0 Å². The van der Waals surface area contributed by atoms with Crippen molar-refractivity contribution in [3.8, 4) is 17.0 Å². The summed E-state index contributed by atoms with van der Waals surface area (Å²) >= 11 is 18.9. The van der Waals surface area contributed by atoms with Crippen molar-refractivity contribution in [1.82, 2.24) is 25.2 Å². The van der Waals surface area contributed by atoms with Crippen LogP contribution in [0.2, 0.25) is 15.1 Å². The van der Waals surface area contributed by atoms with E-state index in [1.165, 1.54) is 4.90 Å². The average molecular weight is 650 g/mol. The minimum absolute atomic E-state index is 0.0375. The average Bonchev–Trinajstić information content (AvgIpc) is 3.61. The Bertz CT molecular complexity index is 1480. The maximum Gasteiger partial charge on any atom is 0.411 e. The first-order valence-corrected chi connectivity index (χ1v) is 15.3. The van der Waals surface area contributed by atoms with Crippen molar-refractivity contribution in [3.05, 3.63) is 57.7 Å². The van der Waals surface area contributed by atoms with Crippen LogP contribution in [0, 0.1) is 0 Å². The van der Waals surface area contributed by atoms with Gasteiger partial charge in [0.2, 0.25) is 5.91 Å². The van der Waals surface area contributed by atoms with Gasteiger partial charge in [0.05, 0.1) is 35.1 Å². The Hall–Kier alpha value is -3.21. The van der Waals surface area contributed by atoms with Crippen LogP contribution in [0.25, 0.3) is 11.3 Å². The van der Waals surface area contributed by atoms with Crippen LogP contribution in [0.15, 0.2) is 42.6 Å². The molecule has 10 nitrogen and oxygen atoms in total. The van der Waals surface area contributed by atoms with Gasteiger partial charge in [0, 0.05) is 42.7 Å². The molecule has 0 saturated carbocycles. The molecule has 13 heteroatoms. The molecular weight excluding hydrogens is 615 g/mol. The first-order valence-electron chi connectivity index (χ1n) is 14.2. The van der Waals surface area contributed by atoms with Crippen molar-refractivity contribution in [2.75, 3.05) is 31.6 Å². The Labute approximate surface area is 266 Å². The van der Waals surface area contributed by atoms with Crippen LogP contribution in [0.1, 0.15) is 46.1 Å². The monoisotopic (exact) mass is 648 g/mol. The maximum absolute atomic E-state index is 13.7. The lowest BCUT2D eigenvalue weighted by Crippen LogP contribution is -2.52. The molecule has 0 aliphatic carbocycles. The van der Waals surface area contributed by atoms with E-state index in [0.29, 0.717) is 38.5 Å². The number of benzene rings is 2. The topological polar surface area (TPSA) is 102 Å². The summed E-state index contributed by atoms with van der Waals surface area (Å²) in [7, 11) is 1.57. The number of aromatic nitrogens is 3. The number of rotatable bonds is 6. The highest BCUT2D eigenvalue weighted by atomic mass is 35.5. The summed E-state index contributed by atoms with van der Waals surface area (Å²) in [5, 5.41) is 13.5. The minimum atomic E-state index is -0.721. The quantitative estimate of drug-likeness (QED) is 0.337. The number of nitrogens with one attached hydrogen (secondary N) is 1. The smallest absolute Gasteiger partial charge is 0.411 e. The summed E-state index contributed by atoms with van der Waals surface area (Å²) in [6.07, 6.45) is 3.08. The van der Waals surface area contributed by atoms with Crippen LogP contribution >= 0.6 is 34.8 Å². The van der Waals surface area contributed by atoms with E-state index in [4.69, 9.17) is 44.3 Å². The molecule has 43 heavy (non-hydrogen) atoms. The Balaban J connectivity index is 1.28. The fourth-order valence-electron chi connectivity index (χ4n) is 5.49. The number of methoxy groups -OCH3 is 1. The fraction of sp³-hybridized carbons (Fsp3) is 0.467. The first kappa shape index (κ1) is 31.2. The number of anilines is 1. The van der Waals surface area contributed by atoms with Gasteiger partial charge >= 0.3 is 6.09 Å². The molecule has 5 rings (SSSR count). The lowest BCUT2D eigenvalue weighted by Gasteiger charge is -2.35. The Morgan fingerprint density at radius 2 is 1.77 bits per heavy atom. The standard InChI is InChI=1S/C30H35Cl3N6O4/c1-30(2,3)43-29(41)38-16-20(39-17-25(35-36-39)22-7-6-21(42-4)15-23(22)32)14-27(38)28(40)34-19-9-11-37(12-10-19)26-8-5-18(31)13-24(26)33/h5-8,13,15,17,19-20,27H,9-12,14,16H2,1-4H3,(H,34,40)/t20?,27-/m0/s1. The Morgan fingerprint density at radius 1 is 1.02 bits per heavy atom. The maximum atomic E-state index is 13.7. The molecule has 0 bridgehead atoms. The van der Waals surface area contributed by atoms with Gasteiger partial charge in [-0.05, 0) is 70.0 Å². The van der Waals surface area contributed by atoms with E-state index in [1.807, 2.05) is 18.2 Å². The van der Waals surface area contributed by atoms with Crippen molar-refractivity contribution in [2.24, 2.45) is 0 Å². The molecule has 3 aromatic rings. The molecule has 1 unspecified atom stereocenters. The highest BCUT2D eigenvalue weighted by Gasteiger charge is 2.43. The van der Waals surface area contributed by atoms with E-state index in [0.717, 1.165) is 31.6 Å². The summed E-state index contributed by atoms with van der Waals surface area (Å²) in [5.41, 5.74) is 1.50. The number of likely N-dealkylation sites (tertiary alicyclic amines) is 1. The van der Waals surface area contributed by atoms with E-state index in [2.05, 4.69) is 20.5 Å². The lowest BCUT2D eigenvalue weighted by atomic mass is 10.0. The summed E-state index contributed by atoms with van der Waals surface area (Å²) in [5.74, 6) is 0.424. The third kappa shape index (κ3) is 7.30. The van der Waals surface area contributed by atoms with E-state index < -0.39 is 17.7 Å². The Morgan fingerprint density at radius 3 is 2.42 bits per heavy atom. The molecule has 2 aliphatic heterocycles. The third-order valence-corrected chi connectivity index (χ3v) is 8.49. The number of carbonyl (C=O) groups excluding carboxylic acids is 2. The fourth-order valence-corrected chi connectivity index (χ4v) is 6.28. The molecule has 2 amide bonds. The minimum Gasteiger partial charge on any atom is -0.497 e. The highest BCUT2D eigenvalue weighted by Crippen LogP contribution is 2.34. The third-order valence-electron chi connectivity index (χ3n) is 7.64. The number of halogens is 3. The molecule has 1 N–H and O–H groups in total. The number of amides is 2. The lowest BCUT2D eigenvalue weighted by molar-refractivity contribution is -0.126. The highest BCUT2D eigenvalue weighted by molar-refractivity contribution is 6.36. The van der Waals surface area contributed by atoms with Gasteiger partial charge in [-0.2, -0.15) is 0 Å². The summed E-state index contributed by atoms with van der Waals surface area (Å²) < 4.78 is 12.6. The number of carbonyl (C=O) groups is 2. The second-order valence-corrected chi connectivity index (χ2v) is 13.1. The van der Waals surface area contributed by atoms with E-state index in [-0.39, 0.29) is 24.5 Å². The van der Waals surface area contributed by atoms with Gasteiger partial charge < -0.3 is 19.7 Å². The molecule has 2 aliphatic rings. The van der Waals surface area contributed by atoms with Crippen molar-refractivity contribution >= 4 is 52.5 Å². The number of hydrogen-bond acceptors (Lipinski definition) is 7. The molecule has 2 saturated heterocycles. The second-order valence-electron chi connectivity index (χ2n) is 11.8. The molecule has 0 spiro atoms. The van der Waals surface area contributed by atoms with Gasteiger partial charge in [-0.15, -0.1) is 5.10 Å².